The lowest BCUT2D eigenvalue weighted by Crippen LogP contribution is -2.19. The van der Waals surface area contributed by atoms with Crippen LogP contribution in [0.25, 0.3) is 0 Å². The van der Waals surface area contributed by atoms with Crippen molar-refractivity contribution in [3.05, 3.63) is 53.6 Å². The van der Waals surface area contributed by atoms with Crippen LogP contribution in [0.5, 0.6) is 0 Å². The quantitative estimate of drug-likeness (QED) is 0.868. The molecule has 3 nitrogen and oxygen atoms in total. The highest BCUT2D eigenvalue weighted by Gasteiger charge is 2.10. The summed E-state index contributed by atoms with van der Waals surface area (Å²) in [4.78, 5) is 0. The minimum Gasteiger partial charge on any atom is -0.304 e. The summed E-state index contributed by atoms with van der Waals surface area (Å²) < 4.78 is 15.6. The van der Waals surface area contributed by atoms with E-state index < -0.39 is 0 Å². The van der Waals surface area contributed by atoms with Crippen molar-refractivity contribution in [2.24, 2.45) is 0 Å². The highest BCUT2D eigenvalue weighted by molar-refractivity contribution is 5.20. The predicted molar refractivity (Wildman–Crippen MR) is 78.9 cm³/mol. The molecule has 2 unspecified atom stereocenters. The van der Waals surface area contributed by atoms with Crippen molar-refractivity contribution in [1.82, 2.24) is 15.1 Å². The van der Waals surface area contributed by atoms with E-state index in [0.29, 0.717) is 18.2 Å². The number of aromatic nitrogens is 2. The van der Waals surface area contributed by atoms with Crippen LogP contribution < -0.4 is 5.32 Å². The molecule has 2 aromatic rings. The van der Waals surface area contributed by atoms with Gasteiger partial charge in [-0.05, 0) is 32.4 Å². The van der Waals surface area contributed by atoms with Crippen molar-refractivity contribution in [1.29, 1.82) is 0 Å². The molecule has 0 fully saturated rings. The fourth-order valence-electron chi connectivity index (χ4n) is 2.10. The molecule has 0 amide bonds. The maximum atomic E-state index is 13.7. The van der Waals surface area contributed by atoms with Gasteiger partial charge in [0.1, 0.15) is 5.82 Å². The molecule has 0 aliphatic rings. The SMILES string of the molecule is CCC(C)n1ccc(CNC(C)c2ccccc2F)n1. The highest BCUT2D eigenvalue weighted by Crippen LogP contribution is 2.16. The summed E-state index contributed by atoms with van der Waals surface area (Å²) in [6, 6.07) is 9.24. The first-order valence-electron chi connectivity index (χ1n) is 7.13. The van der Waals surface area contributed by atoms with Crippen LogP contribution in [0.2, 0.25) is 0 Å². The van der Waals surface area contributed by atoms with Gasteiger partial charge in [-0.3, -0.25) is 4.68 Å². The minimum atomic E-state index is -0.169. The van der Waals surface area contributed by atoms with E-state index in [9.17, 15) is 4.39 Å². The molecule has 0 saturated heterocycles. The number of nitrogens with zero attached hydrogens (tertiary/aromatic N) is 2. The third-order valence-corrected chi connectivity index (χ3v) is 3.67. The van der Waals surface area contributed by atoms with Crippen LogP contribution >= 0.6 is 0 Å². The van der Waals surface area contributed by atoms with Crippen molar-refractivity contribution in [3.63, 3.8) is 0 Å². The van der Waals surface area contributed by atoms with E-state index in [-0.39, 0.29) is 11.9 Å². The Hall–Kier alpha value is -1.68. The Morgan fingerprint density at radius 2 is 2.00 bits per heavy atom. The molecule has 0 spiro atoms. The standard InChI is InChI=1S/C16H22FN3/c1-4-12(2)20-10-9-14(19-20)11-18-13(3)15-7-5-6-8-16(15)17/h5-10,12-13,18H,4,11H2,1-3H3. The van der Waals surface area contributed by atoms with Crippen molar-refractivity contribution in [2.45, 2.75) is 45.8 Å². The summed E-state index contributed by atoms with van der Waals surface area (Å²) in [6.45, 7) is 6.89. The number of hydrogen-bond donors (Lipinski definition) is 1. The van der Waals surface area contributed by atoms with Gasteiger partial charge in [0, 0.05) is 30.4 Å². The van der Waals surface area contributed by atoms with Gasteiger partial charge in [-0.2, -0.15) is 5.10 Å². The van der Waals surface area contributed by atoms with Gasteiger partial charge >= 0.3 is 0 Å². The average Bonchev–Trinajstić information content (AvgIpc) is 2.93. The van der Waals surface area contributed by atoms with Crippen LogP contribution in [0.3, 0.4) is 0 Å². The van der Waals surface area contributed by atoms with E-state index in [1.165, 1.54) is 6.07 Å². The Bertz CT molecular complexity index is 550. The zero-order valence-corrected chi connectivity index (χ0v) is 12.3. The number of hydrogen-bond acceptors (Lipinski definition) is 2. The van der Waals surface area contributed by atoms with Gasteiger partial charge in [-0.15, -0.1) is 0 Å². The van der Waals surface area contributed by atoms with E-state index in [4.69, 9.17) is 0 Å². The van der Waals surface area contributed by atoms with Crippen molar-refractivity contribution in [3.8, 4) is 0 Å². The van der Waals surface area contributed by atoms with Crippen LogP contribution in [0.15, 0.2) is 36.5 Å². The zero-order valence-electron chi connectivity index (χ0n) is 12.3. The molecule has 0 aliphatic carbocycles. The van der Waals surface area contributed by atoms with Gasteiger partial charge < -0.3 is 5.32 Å². The fraction of sp³-hybridized carbons (Fsp3) is 0.438. The van der Waals surface area contributed by atoms with Gasteiger partial charge in [0.25, 0.3) is 0 Å². The molecular weight excluding hydrogens is 253 g/mol. The molecule has 0 saturated carbocycles. The van der Waals surface area contributed by atoms with Crippen LogP contribution in [0.1, 0.15) is 50.5 Å². The molecule has 108 valence electrons. The third kappa shape index (κ3) is 3.45. The van der Waals surface area contributed by atoms with E-state index in [1.54, 1.807) is 6.07 Å². The van der Waals surface area contributed by atoms with E-state index in [0.717, 1.165) is 12.1 Å². The van der Waals surface area contributed by atoms with Crippen LogP contribution in [0.4, 0.5) is 4.39 Å². The molecule has 1 aromatic heterocycles. The zero-order chi connectivity index (χ0) is 14.5. The van der Waals surface area contributed by atoms with Gasteiger partial charge in [-0.1, -0.05) is 25.1 Å². The first kappa shape index (κ1) is 14.7. The number of benzene rings is 1. The van der Waals surface area contributed by atoms with E-state index >= 15 is 0 Å². The summed E-state index contributed by atoms with van der Waals surface area (Å²) in [7, 11) is 0. The summed E-state index contributed by atoms with van der Waals surface area (Å²) in [5.74, 6) is -0.169. The van der Waals surface area contributed by atoms with Crippen molar-refractivity contribution in [2.75, 3.05) is 0 Å². The normalized spacial score (nSPS) is 14.2. The van der Waals surface area contributed by atoms with Crippen LogP contribution in [0, 0.1) is 5.82 Å². The van der Waals surface area contributed by atoms with Crippen LogP contribution in [-0.4, -0.2) is 9.78 Å². The second-order valence-electron chi connectivity index (χ2n) is 5.17. The third-order valence-electron chi connectivity index (χ3n) is 3.67. The Morgan fingerprint density at radius 1 is 1.25 bits per heavy atom. The Balaban J connectivity index is 1.95. The van der Waals surface area contributed by atoms with Gasteiger partial charge in [0.2, 0.25) is 0 Å². The second-order valence-corrected chi connectivity index (χ2v) is 5.17. The van der Waals surface area contributed by atoms with Gasteiger partial charge in [0.15, 0.2) is 0 Å². The Kier molecular flexibility index (Phi) is 4.90. The molecule has 1 heterocycles. The molecule has 0 radical (unpaired) electrons. The molecule has 4 heteroatoms. The lowest BCUT2D eigenvalue weighted by atomic mass is 10.1. The maximum Gasteiger partial charge on any atom is 0.127 e. The van der Waals surface area contributed by atoms with Crippen molar-refractivity contribution >= 4 is 0 Å². The molecule has 0 bridgehead atoms. The molecule has 0 aliphatic heterocycles. The highest BCUT2D eigenvalue weighted by atomic mass is 19.1. The molecule has 1 aromatic carbocycles. The fourth-order valence-corrected chi connectivity index (χ4v) is 2.10. The molecular formula is C16H22FN3. The molecule has 20 heavy (non-hydrogen) atoms. The lowest BCUT2D eigenvalue weighted by molar-refractivity contribution is 0.466. The molecule has 1 N–H and O–H groups in total. The summed E-state index contributed by atoms with van der Waals surface area (Å²) in [6.07, 6.45) is 3.05. The van der Waals surface area contributed by atoms with Gasteiger partial charge in [0.05, 0.1) is 5.69 Å². The monoisotopic (exact) mass is 275 g/mol. The number of halogens is 1. The molecule has 2 rings (SSSR count). The van der Waals surface area contributed by atoms with Crippen LogP contribution in [-0.2, 0) is 6.54 Å². The van der Waals surface area contributed by atoms with Gasteiger partial charge in [-0.25, -0.2) is 4.39 Å². The topological polar surface area (TPSA) is 29.9 Å². The minimum absolute atomic E-state index is 0.0371. The lowest BCUT2D eigenvalue weighted by Gasteiger charge is -2.14. The predicted octanol–water partition coefficient (Wildman–Crippen LogP) is 3.84. The Morgan fingerprint density at radius 3 is 2.70 bits per heavy atom. The summed E-state index contributed by atoms with van der Waals surface area (Å²) in [5, 5.41) is 7.84. The average molecular weight is 275 g/mol. The summed E-state index contributed by atoms with van der Waals surface area (Å²) in [5.41, 5.74) is 1.67. The van der Waals surface area contributed by atoms with Crippen molar-refractivity contribution < 1.29 is 4.39 Å². The summed E-state index contributed by atoms with van der Waals surface area (Å²) >= 11 is 0. The van der Waals surface area contributed by atoms with E-state index in [1.807, 2.05) is 36.0 Å². The molecule has 2 atom stereocenters. The largest absolute Gasteiger partial charge is 0.304 e. The van der Waals surface area contributed by atoms with E-state index in [2.05, 4.69) is 24.3 Å². The number of rotatable bonds is 6. The smallest absolute Gasteiger partial charge is 0.127 e. The second kappa shape index (κ2) is 6.66. The maximum absolute atomic E-state index is 13.7. The first-order valence-corrected chi connectivity index (χ1v) is 7.13. The Labute approximate surface area is 119 Å². The number of nitrogens with one attached hydrogen (secondary N) is 1. The first-order chi connectivity index (χ1) is 9.61.